The monoisotopic (exact) mass is 442 g/mol. The second-order valence-electron chi connectivity index (χ2n) is 6.97. The van der Waals surface area contributed by atoms with Crippen LogP contribution in [-0.4, -0.2) is 15.0 Å². The van der Waals surface area contributed by atoms with Crippen molar-refractivity contribution < 1.29 is 26.7 Å². The van der Waals surface area contributed by atoms with Crippen molar-refractivity contribution in [1.82, 2.24) is 0 Å². The van der Waals surface area contributed by atoms with Crippen LogP contribution in [0.25, 0.3) is 11.1 Å². The molecule has 3 aromatic carbocycles. The van der Waals surface area contributed by atoms with Gasteiger partial charge in [0.1, 0.15) is 17.6 Å². The van der Waals surface area contributed by atoms with Gasteiger partial charge in [-0.1, -0.05) is 30.3 Å². The summed E-state index contributed by atoms with van der Waals surface area (Å²) in [5.41, 5.74) is 3.08. The van der Waals surface area contributed by atoms with Crippen molar-refractivity contribution in [2.24, 2.45) is 5.14 Å². The number of rotatable bonds is 5. The molecule has 158 valence electrons. The molecule has 0 radical (unpaired) electrons. The fourth-order valence-corrected chi connectivity index (χ4v) is 4.25. The summed E-state index contributed by atoms with van der Waals surface area (Å²) in [6.07, 6.45) is -0.597. The standard InChI is InChI=1S/C22H16F2N2O4S/c23-22(24)30-19-3-1-2-18-20(19)17-10-14(12-31(26,27)28)6-9-16(17)21(29-18)15-7-4-13(11-25)5-8-15/h1-10,21-22H,12H2,(H2,26,27,28). The zero-order valence-electron chi connectivity index (χ0n) is 16.0. The lowest BCUT2D eigenvalue weighted by molar-refractivity contribution is -0.0496. The summed E-state index contributed by atoms with van der Waals surface area (Å²) in [6.45, 7) is -3.04. The Bertz CT molecular complexity index is 1290. The van der Waals surface area contributed by atoms with E-state index in [4.69, 9.17) is 15.1 Å². The number of ether oxygens (including phenoxy) is 2. The highest BCUT2D eigenvalue weighted by molar-refractivity contribution is 7.88. The van der Waals surface area contributed by atoms with Crippen LogP contribution < -0.4 is 14.6 Å². The molecule has 6 nitrogen and oxygen atoms in total. The number of nitrogens with two attached hydrogens (primary N) is 1. The fraction of sp³-hybridized carbons (Fsp3) is 0.136. The van der Waals surface area contributed by atoms with E-state index in [-0.39, 0.29) is 5.75 Å². The van der Waals surface area contributed by atoms with E-state index in [0.717, 1.165) is 5.56 Å². The van der Waals surface area contributed by atoms with Crippen molar-refractivity contribution in [2.45, 2.75) is 18.5 Å². The van der Waals surface area contributed by atoms with Crippen molar-refractivity contribution >= 4 is 10.0 Å². The Balaban J connectivity index is 1.90. The number of sulfonamides is 1. The number of alkyl halides is 2. The Kier molecular flexibility index (Phi) is 5.35. The molecule has 1 aliphatic heterocycles. The van der Waals surface area contributed by atoms with E-state index < -0.39 is 28.5 Å². The molecule has 0 saturated heterocycles. The van der Waals surface area contributed by atoms with Gasteiger partial charge in [-0.3, -0.25) is 0 Å². The summed E-state index contributed by atoms with van der Waals surface area (Å²) in [4.78, 5) is 0. The van der Waals surface area contributed by atoms with E-state index in [1.807, 2.05) is 6.07 Å². The Morgan fingerprint density at radius 2 is 1.87 bits per heavy atom. The van der Waals surface area contributed by atoms with Crippen molar-refractivity contribution in [1.29, 1.82) is 5.26 Å². The molecule has 3 aromatic rings. The smallest absolute Gasteiger partial charge is 0.387 e. The first-order valence-electron chi connectivity index (χ1n) is 9.13. The number of benzene rings is 3. The van der Waals surface area contributed by atoms with E-state index in [9.17, 15) is 17.2 Å². The van der Waals surface area contributed by atoms with E-state index in [0.29, 0.717) is 33.6 Å². The van der Waals surface area contributed by atoms with Crippen LogP contribution in [-0.2, 0) is 15.8 Å². The number of hydrogen-bond acceptors (Lipinski definition) is 5. The van der Waals surface area contributed by atoms with Gasteiger partial charge in [0.25, 0.3) is 0 Å². The molecular weight excluding hydrogens is 426 g/mol. The molecule has 0 bridgehead atoms. The molecule has 0 fully saturated rings. The lowest BCUT2D eigenvalue weighted by atomic mass is 9.88. The van der Waals surface area contributed by atoms with Crippen LogP contribution >= 0.6 is 0 Å². The van der Waals surface area contributed by atoms with Crippen LogP contribution in [0.2, 0.25) is 0 Å². The lowest BCUT2D eigenvalue weighted by Gasteiger charge is -2.30. The summed E-state index contributed by atoms with van der Waals surface area (Å²) in [7, 11) is -3.80. The SMILES string of the molecule is N#Cc1ccc(C2Oc3cccc(OC(F)F)c3-c3cc(CS(N)(=O)=O)ccc32)cc1. The van der Waals surface area contributed by atoms with Crippen LogP contribution in [0.5, 0.6) is 11.5 Å². The van der Waals surface area contributed by atoms with Gasteiger partial charge in [-0.2, -0.15) is 14.0 Å². The summed E-state index contributed by atoms with van der Waals surface area (Å²) in [6, 6.07) is 18.3. The number of primary sulfonamides is 1. The molecule has 4 rings (SSSR count). The first-order valence-corrected chi connectivity index (χ1v) is 10.8. The van der Waals surface area contributed by atoms with E-state index in [1.54, 1.807) is 48.5 Å². The Labute approximate surface area is 177 Å². The first kappa shape index (κ1) is 20.8. The summed E-state index contributed by atoms with van der Waals surface area (Å²) in [5, 5.41) is 14.2. The average Bonchev–Trinajstić information content (AvgIpc) is 2.71. The van der Waals surface area contributed by atoms with Crippen molar-refractivity contribution in [3.8, 4) is 28.7 Å². The Morgan fingerprint density at radius 3 is 2.52 bits per heavy atom. The highest BCUT2D eigenvalue weighted by Gasteiger charge is 2.31. The van der Waals surface area contributed by atoms with Gasteiger partial charge in [-0.15, -0.1) is 0 Å². The average molecular weight is 442 g/mol. The first-order chi connectivity index (χ1) is 14.7. The van der Waals surface area contributed by atoms with Gasteiger partial charge in [-0.05, 0) is 47.0 Å². The van der Waals surface area contributed by atoms with Crippen LogP contribution in [0.4, 0.5) is 8.78 Å². The molecule has 1 atom stereocenters. The van der Waals surface area contributed by atoms with Gasteiger partial charge in [0.2, 0.25) is 10.0 Å². The summed E-state index contributed by atoms with van der Waals surface area (Å²) >= 11 is 0. The molecule has 1 heterocycles. The second kappa shape index (κ2) is 7.98. The molecule has 9 heteroatoms. The molecule has 31 heavy (non-hydrogen) atoms. The van der Waals surface area contributed by atoms with E-state index >= 15 is 0 Å². The number of hydrogen-bond donors (Lipinski definition) is 1. The molecule has 1 unspecified atom stereocenters. The van der Waals surface area contributed by atoms with Gasteiger partial charge in [0, 0.05) is 5.56 Å². The minimum Gasteiger partial charge on any atom is -0.480 e. The quantitative estimate of drug-likeness (QED) is 0.641. The molecule has 0 aromatic heterocycles. The topological polar surface area (TPSA) is 102 Å². The maximum absolute atomic E-state index is 13.0. The minimum atomic E-state index is -3.80. The largest absolute Gasteiger partial charge is 0.480 e. The van der Waals surface area contributed by atoms with Gasteiger partial charge in [-0.25, -0.2) is 13.6 Å². The zero-order valence-corrected chi connectivity index (χ0v) is 16.8. The molecule has 0 amide bonds. The lowest BCUT2D eigenvalue weighted by Crippen LogP contribution is -2.18. The van der Waals surface area contributed by atoms with Crippen molar-refractivity contribution in [3.05, 3.63) is 82.9 Å². The molecule has 0 aliphatic carbocycles. The van der Waals surface area contributed by atoms with Crippen LogP contribution in [0, 0.1) is 11.3 Å². The van der Waals surface area contributed by atoms with Crippen LogP contribution in [0.15, 0.2) is 60.7 Å². The normalized spacial score (nSPS) is 14.9. The predicted molar refractivity (Wildman–Crippen MR) is 109 cm³/mol. The molecule has 1 aliphatic rings. The maximum Gasteiger partial charge on any atom is 0.387 e. The van der Waals surface area contributed by atoms with Gasteiger partial charge in [0.15, 0.2) is 0 Å². The number of halogens is 2. The van der Waals surface area contributed by atoms with Crippen LogP contribution in [0.1, 0.15) is 28.4 Å². The predicted octanol–water partition coefficient (Wildman–Crippen LogP) is 4.10. The second-order valence-corrected chi connectivity index (χ2v) is 8.58. The van der Waals surface area contributed by atoms with Gasteiger partial charge in [0.05, 0.1) is 22.9 Å². The Morgan fingerprint density at radius 1 is 1.13 bits per heavy atom. The highest BCUT2D eigenvalue weighted by Crippen LogP contribution is 2.49. The van der Waals surface area contributed by atoms with Crippen molar-refractivity contribution in [2.75, 3.05) is 0 Å². The molecular formula is C22H16F2N2O4S. The number of fused-ring (bicyclic) bond motifs is 3. The maximum atomic E-state index is 13.0. The fourth-order valence-electron chi connectivity index (χ4n) is 3.61. The zero-order chi connectivity index (χ0) is 22.2. The minimum absolute atomic E-state index is 0.0835. The summed E-state index contributed by atoms with van der Waals surface area (Å²) < 4.78 is 60.0. The van der Waals surface area contributed by atoms with Crippen LogP contribution in [0.3, 0.4) is 0 Å². The third-order valence-corrected chi connectivity index (χ3v) is 5.56. The van der Waals surface area contributed by atoms with Gasteiger partial charge < -0.3 is 9.47 Å². The molecule has 0 saturated carbocycles. The van der Waals surface area contributed by atoms with E-state index in [2.05, 4.69) is 4.74 Å². The van der Waals surface area contributed by atoms with E-state index in [1.165, 1.54) is 12.1 Å². The Hall–Kier alpha value is -3.48. The van der Waals surface area contributed by atoms with Gasteiger partial charge >= 0.3 is 6.61 Å². The summed E-state index contributed by atoms with van der Waals surface area (Å²) in [5.74, 6) is -0.178. The highest BCUT2D eigenvalue weighted by atomic mass is 32.2. The third-order valence-electron chi connectivity index (χ3n) is 4.83. The van der Waals surface area contributed by atoms with Crippen molar-refractivity contribution in [3.63, 3.8) is 0 Å². The number of nitrogens with zero attached hydrogens (tertiary/aromatic N) is 1. The molecule has 2 N–H and O–H groups in total. The number of nitriles is 1. The third kappa shape index (κ3) is 4.35. The molecule has 0 spiro atoms.